The SMILES string of the molecule is Cc1cc(C)n(-c2cc(N3CCN(C(=O)c4ccccc4F)CC3)ncn2)n1. The summed E-state index contributed by atoms with van der Waals surface area (Å²) in [6, 6.07) is 9.98. The summed E-state index contributed by atoms with van der Waals surface area (Å²) in [5, 5.41) is 4.46. The number of aromatic nitrogens is 4. The average molecular weight is 380 g/mol. The van der Waals surface area contributed by atoms with Crippen LogP contribution in [-0.2, 0) is 0 Å². The molecule has 0 unspecified atom stereocenters. The van der Waals surface area contributed by atoms with Gasteiger partial charge in [-0.05, 0) is 32.0 Å². The first kappa shape index (κ1) is 18.1. The summed E-state index contributed by atoms with van der Waals surface area (Å²) in [7, 11) is 0. The van der Waals surface area contributed by atoms with Gasteiger partial charge >= 0.3 is 0 Å². The van der Waals surface area contributed by atoms with Crippen LogP contribution in [0.25, 0.3) is 5.82 Å². The molecule has 28 heavy (non-hydrogen) atoms. The summed E-state index contributed by atoms with van der Waals surface area (Å²) in [5.41, 5.74) is 2.05. The lowest BCUT2D eigenvalue weighted by Gasteiger charge is -2.35. The fourth-order valence-electron chi connectivity index (χ4n) is 3.43. The molecule has 0 spiro atoms. The molecule has 1 amide bonds. The van der Waals surface area contributed by atoms with Crippen LogP contribution in [0.4, 0.5) is 10.2 Å². The van der Waals surface area contributed by atoms with Crippen molar-refractivity contribution in [2.75, 3.05) is 31.1 Å². The maximum atomic E-state index is 13.9. The molecule has 0 saturated carbocycles. The van der Waals surface area contributed by atoms with Gasteiger partial charge in [0.15, 0.2) is 5.82 Å². The zero-order valence-electron chi connectivity index (χ0n) is 15.8. The Morgan fingerprint density at radius 3 is 2.39 bits per heavy atom. The zero-order chi connectivity index (χ0) is 19.7. The molecule has 3 aromatic rings. The van der Waals surface area contributed by atoms with Crippen molar-refractivity contribution in [3.8, 4) is 5.82 Å². The number of benzene rings is 1. The van der Waals surface area contributed by atoms with Crippen molar-refractivity contribution < 1.29 is 9.18 Å². The van der Waals surface area contributed by atoms with Gasteiger partial charge in [0.1, 0.15) is 18.0 Å². The lowest BCUT2D eigenvalue weighted by atomic mass is 10.1. The van der Waals surface area contributed by atoms with E-state index < -0.39 is 5.82 Å². The molecule has 1 saturated heterocycles. The highest BCUT2D eigenvalue weighted by atomic mass is 19.1. The van der Waals surface area contributed by atoms with Gasteiger partial charge in [0.2, 0.25) is 0 Å². The number of anilines is 1. The monoisotopic (exact) mass is 380 g/mol. The number of carbonyl (C=O) groups is 1. The van der Waals surface area contributed by atoms with Crippen molar-refractivity contribution in [2.45, 2.75) is 13.8 Å². The van der Waals surface area contributed by atoms with E-state index in [0.29, 0.717) is 32.0 Å². The summed E-state index contributed by atoms with van der Waals surface area (Å²) >= 11 is 0. The number of carbonyl (C=O) groups excluding carboxylic acids is 1. The molecule has 1 aromatic carbocycles. The van der Waals surface area contributed by atoms with Crippen LogP contribution >= 0.6 is 0 Å². The first-order valence-electron chi connectivity index (χ1n) is 9.17. The maximum absolute atomic E-state index is 13.9. The predicted molar refractivity (Wildman–Crippen MR) is 103 cm³/mol. The first-order chi connectivity index (χ1) is 13.5. The van der Waals surface area contributed by atoms with Gasteiger partial charge in [0, 0.05) is 37.9 Å². The molecule has 0 aliphatic carbocycles. The minimum absolute atomic E-state index is 0.116. The summed E-state index contributed by atoms with van der Waals surface area (Å²) in [4.78, 5) is 25.1. The van der Waals surface area contributed by atoms with Crippen LogP contribution in [-0.4, -0.2) is 56.7 Å². The Morgan fingerprint density at radius 2 is 1.71 bits per heavy atom. The quantitative estimate of drug-likeness (QED) is 0.698. The van der Waals surface area contributed by atoms with E-state index in [9.17, 15) is 9.18 Å². The van der Waals surface area contributed by atoms with E-state index in [1.165, 1.54) is 18.5 Å². The molecule has 144 valence electrons. The molecule has 0 bridgehead atoms. The molecular formula is C20H21FN6O. The van der Waals surface area contributed by atoms with Gasteiger partial charge in [0.25, 0.3) is 5.91 Å². The molecular weight excluding hydrogens is 359 g/mol. The average Bonchev–Trinajstić information content (AvgIpc) is 3.06. The zero-order valence-corrected chi connectivity index (χ0v) is 15.8. The molecule has 4 rings (SSSR count). The minimum Gasteiger partial charge on any atom is -0.353 e. The Hall–Kier alpha value is -3.29. The maximum Gasteiger partial charge on any atom is 0.256 e. The number of halogens is 1. The molecule has 1 aliphatic rings. The Kier molecular flexibility index (Phi) is 4.77. The van der Waals surface area contributed by atoms with Crippen molar-refractivity contribution in [3.05, 3.63) is 65.5 Å². The third-order valence-electron chi connectivity index (χ3n) is 4.86. The van der Waals surface area contributed by atoms with Gasteiger partial charge in [-0.2, -0.15) is 5.10 Å². The van der Waals surface area contributed by atoms with E-state index in [4.69, 9.17) is 0 Å². The summed E-state index contributed by atoms with van der Waals surface area (Å²) < 4.78 is 15.7. The summed E-state index contributed by atoms with van der Waals surface area (Å²) in [5.74, 6) is 0.736. The lowest BCUT2D eigenvalue weighted by Crippen LogP contribution is -2.49. The Balaban J connectivity index is 1.47. The van der Waals surface area contributed by atoms with Crippen molar-refractivity contribution in [1.82, 2.24) is 24.6 Å². The highest BCUT2D eigenvalue weighted by Gasteiger charge is 2.24. The molecule has 7 nitrogen and oxygen atoms in total. The normalized spacial score (nSPS) is 14.4. The van der Waals surface area contributed by atoms with Crippen molar-refractivity contribution >= 4 is 11.7 Å². The van der Waals surface area contributed by atoms with Gasteiger partial charge in [-0.3, -0.25) is 4.79 Å². The minimum atomic E-state index is -0.486. The van der Waals surface area contributed by atoms with E-state index in [2.05, 4.69) is 20.0 Å². The van der Waals surface area contributed by atoms with Gasteiger partial charge in [-0.15, -0.1) is 0 Å². The second-order valence-electron chi connectivity index (χ2n) is 6.83. The van der Waals surface area contributed by atoms with Crippen LogP contribution in [0.15, 0.2) is 42.7 Å². The Morgan fingerprint density at radius 1 is 1.00 bits per heavy atom. The van der Waals surface area contributed by atoms with E-state index in [0.717, 1.165) is 17.2 Å². The van der Waals surface area contributed by atoms with Gasteiger partial charge in [0.05, 0.1) is 11.3 Å². The standard InChI is InChI=1S/C20H21FN6O/c1-14-11-15(2)27(24-14)19-12-18(22-13-23-19)25-7-9-26(10-8-25)20(28)16-5-3-4-6-17(16)21/h3-6,11-13H,7-10H2,1-2H3. The molecule has 0 atom stereocenters. The Bertz CT molecular complexity index is 1010. The second-order valence-corrected chi connectivity index (χ2v) is 6.83. The topological polar surface area (TPSA) is 67.2 Å². The van der Waals surface area contributed by atoms with Crippen LogP contribution in [0.3, 0.4) is 0 Å². The Labute approximate surface area is 162 Å². The largest absolute Gasteiger partial charge is 0.353 e. The fourth-order valence-corrected chi connectivity index (χ4v) is 3.43. The molecule has 2 aromatic heterocycles. The van der Waals surface area contributed by atoms with E-state index in [1.54, 1.807) is 21.7 Å². The first-order valence-corrected chi connectivity index (χ1v) is 9.17. The predicted octanol–water partition coefficient (Wildman–Crippen LogP) is 2.38. The van der Waals surface area contributed by atoms with E-state index >= 15 is 0 Å². The van der Waals surface area contributed by atoms with Crippen LogP contribution in [0.1, 0.15) is 21.7 Å². The second kappa shape index (κ2) is 7.38. The molecule has 1 fully saturated rings. The van der Waals surface area contributed by atoms with Crippen LogP contribution < -0.4 is 4.90 Å². The van der Waals surface area contributed by atoms with E-state index in [1.807, 2.05) is 26.0 Å². The third-order valence-corrected chi connectivity index (χ3v) is 4.86. The van der Waals surface area contributed by atoms with Gasteiger partial charge in [-0.1, -0.05) is 12.1 Å². The highest BCUT2D eigenvalue weighted by Crippen LogP contribution is 2.19. The lowest BCUT2D eigenvalue weighted by molar-refractivity contribution is 0.0742. The number of nitrogens with zero attached hydrogens (tertiary/aromatic N) is 6. The van der Waals surface area contributed by atoms with Crippen LogP contribution in [0.2, 0.25) is 0 Å². The van der Waals surface area contributed by atoms with E-state index in [-0.39, 0.29) is 11.5 Å². The van der Waals surface area contributed by atoms with Crippen molar-refractivity contribution in [3.63, 3.8) is 0 Å². The van der Waals surface area contributed by atoms with Crippen LogP contribution in [0, 0.1) is 19.7 Å². The number of hydrogen-bond acceptors (Lipinski definition) is 5. The molecule has 8 heteroatoms. The van der Waals surface area contributed by atoms with Gasteiger partial charge < -0.3 is 9.80 Å². The van der Waals surface area contributed by atoms with Crippen LogP contribution in [0.5, 0.6) is 0 Å². The van der Waals surface area contributed by atoms with Gasteiger partial charge in [-0.25, -0.2) is 19.0 Å². The summed E-state index contributed by atoms with van der Waals surface area (Å²) in [6.07, 6.45) is 1.53. The number of amides is 1. The molecule has 3 heterocycles. The molecule has 0 N–H and O–H groups in total. The number of rotatable bonds is 3. The highest BCUT2D eigenvalue weighted by molar-refractivity contribution is 5.94. The third kappa shape index (κ3) is 3.45. The number of hydrogen-bond donors (Lipinski definition) is 0. The number of piperazine rings is 1. The number of aryl methyl sites for hydroxylation is 2. The van der Waals surface area contributed by atoms with Crippen molar-refractivity contribution in [1.29, 1.82) is 0 Å². The smallest absolute Gasteiger partial charge is 0.256 e. The summed E-state index contributed by atoms with van der Waals surface area (Å²) in [6.45, 7) is 6.17. The van der Waals surface area contributed by atoms with Crippen molar-refractivity contribution in [2.24, 2.45) is 0 Å². The molecule has 1 aliphatic heterocycles. The fraction of sp³-hybridized carbons (Fsp3) is 0.300. The molecule has 0 radical (unpaired) electrons.